The fourth-order valence-corrected chi connectivity index (χ4v) is 3.22. The van der Waals surface area contributed by atoms with Crippen molar-refractivity contribution >= 4 is 5.82 Å². The minimum Gasteiger partial charge on any atom is -0.367 e. The molecule has 2 aromatic heterocycles. The van der Waals surface area contributed by atoms with Gasteiger partial charge >= 0.3 is 0 Å². The Hall–Kier alpha value is -2.62. The number of aryl methyl sites for hydroxylation is 1. The van der Waals surface area contributed by atoms with Crippen molar-refractivity contribution in [3.8, 4) is 22.4 Å². The Bertz CT molecular complexity index is 882. The summed E-state index contributed by atoms with van der Waals surface area (Å²) in [4.78, 5) is 7.70. The lowest BCUT2D eigenvalue weighted by molar-refractivity contribution is 0.630. The van der Waals surface area contributed by atoms with Crippen molar-refractivity contribution in [3.05, 3.63) is 59.7 Å². The number of rotatable bonds is 2. The largest absolute Gasteiger partial charge is 0.367 e. The van der Waals surface area contributed by atoms with Crippen LogP contribution in [0.5, 0.6) is 0 Å². The van der Waals surface area contributed by atoms with Gasteiger partial charge in [-0.1, -0.05) is 11.6 Å². The number of fused-ring (bicyclic) bond motifs is 1. The molecule has 3 heterocycles. The monoisotopic (exact) mass is 307 g/mol. The lowest BCUT2D eigenvalue weighted by Crippen LogP contribution is -2.08. The highest BCUT2D eigenvalue weighted by Crippen LogP contribution is 2.35. The lowest BCUT2D eigenvalue weighted by atomic mass is 9.99. The van der Waals surface area contributed by atoms with Crippen LogP contribution in [0.3, 0.4) is 0 Å². The molecule has 3 aromatic rings. The second-order valence-electron chi connectivity index (χ2n) is 6.23. The molecule has 0 amide bonds. The standard InChI is InChI=1S/C19H18FN3/c1-11-3-4-17(20)16(7-11)18-15(5-6-21-18)14-9-13-8-12(2)23-19(13)22-10-14/h3-7,9-10,12,21H,8H2,1-2H3,(H,22,23)/t12-/m1/s1. The van der Waals surface area contributed by atoms with E-state index in [4.69, 9.17) is 0 Å². The van der Waals surface area contributed by atoms with E-state index in [1.165, 1.54) is 11.6 Å². The molecular weight excluding hydrogens is 289 g/mol. The number of benzene rings is 1. The number of pyridine rings is 1. The van der Waals surface area contributed by atoms with Crippen molar-refractivity contribution in [2.75, 3.05) is 5.32 Å². The fourth-order valence-electron chi connectivity index (χ4n) is 3.22. The van der Waals surface area contributed by atoms with Crippen molar-refractivity contribution in [2.45, 2.75) is 26.3 Å². The highest BCUT2D eigenvalue weighted by atomic mass is 19.1. The summed E-state index contributed by atoms with van der Waals surface area (Å²) in [6.45, 7) is 4.11. The Balaban J connectivity index is 1.82. The summed E-state index contributed by atoms with van der Waals surface area (Å²) in [6.07, 6.45) is 4.67. The molecule has 0 aliphatic carbocycles. The van der Waals surface area contributed by atoms with Crippen molar-refractivity contribution in [1.29, 1.82) is 0 Å². The number of hydrogen-bond donors (Lipinski definition) is 2. The van der Waals surface area contributed by atoms with E-state index in [1.807, 2.05) is 31.5 Å². The lowest BCUT2D eigenvalue weighted by Gasteiger charge is -2.08. The van der Waals surface area contributed by atoms with E-state index in [0.717, 1.165) is 34.6 Å². The van der Waals surface area contributed by atoms with E-state index in [1.54, 1.807) is 6.07 Å². The van der Waals surface area contributed by atoms with Crippen LogP contribution in [0.4, 0.5) is 10.2 Å². The average Bonchev–Trinajstić information content (AvgIpc) is 3.14. The smallest absolute Gasteiger partial charge is 0.132 e. The van der Waals surface area contributed by atoms with Crippen molar-refractivity contribution in [2.24, 2.45) is 0 Å². The maximum Gasteiger partial charge on any atom is 0.132 e. The number of nitrogens with zero attached hydrogens (tertiary/aromatic N) is 1. The predicted molar refractivity (Wildman–Crippen MR) is 90.9 cm³/mol. The van der Waals surface area contributed by atoms with E-state index >= 15 is 0 Å². The number of aromatic amines is 1. The Kier molecular flexibility index (Phi) is 3.18. The highest BCUT2D eigenvalue weighted by molar-refractivity contribution is 5.82. The van der Waals surface area contributed by atoms with Crippen LogP contribution >= 0.6 is 0 Å². The molecule has 1 aromatic carbocycles. The summed E-state index contributed by atoms with van der Waals surface area (Å²) in [5.74, 6) is 0.740. The number of H-pyrrole nitrogens is 1. The molecule has 0 saturated carbocycles. The van der Waals surface area contributed by atoms with Crippen molar-refractivity contribution in [3.63, 3.8) is 0 Å². The fraction of sp³-hybridized carbons (Fsp3) is 0.211. The molecule has 0 unspecified atom stereocenters. The summed E-state index contributed by atoms with van der Waals surface area (Å²) >= 11 is 0. The van der Waals surface area contributed by atoms with Gasteiger partial charge in [0.25, 0.3) is 0 Å². The molecule has 2 N–H and O–H groups in total. The van der Waals surface area contributed by atoms with Gasteiger partial charge in [0.2, 0.25) is 0 Å². The first-order valence-electron chi connectivity index (χ1n) is 7.81. The second kappa shape index (κ2) is 5.23. The van der Waals surface area contributed by atoms with Crippen LogP contribution in [-0.4, -0.2) is 16.0 Å². The van der Waals surface area contributed by atoms with Gasteiger partial charge in [-0.15, -0.1) is 0 Å². The number of nitrogens with one attached hydrogen (secondary N) is 2. The zero-order valence-electron chi connectivity index (χ0n) is 13.2. The van der Waals surface area contributed by atoms with Gasteiger partial charge in [0.15, 0.2) is 0 Å². The molecule has 1 aliphatic heterocycles. The van der Waals surface area contributed by atoms with Crippen LogP contribution in [0.25, 0.3) is 22.4 Å². The summed E-state index contributed by atoms with van der Waals surface area (Å²) in [5.41, 5.74) is 5.63. The Morgan fingerprint density at radius 1 is 1.17 bits per heavy atom. The maximum atomic E-state index is 14.3. The molecule has 1 atom stereocenters. The van der Waals surface area contributed by atoms with Gasteiger partial charge in [-0.25, -0.2) is 9.37 Å². The first-order valence-corrected chi connectivity index (χ1v) is 7.81. The molecule has 116 valence electrons. The third-order valence-corrected chi connectivity index (χ3v) is 4.33. The second-order valence-corrected chi connectivity index (χ2v) is 6.23. The molecule has 0 saturated heterocycles. The predicted octanol–water partition coefficient (Wildman–Crippen LogP) is 4.55. The molecular formula is C19H18FN3. The number of aromatic nitrogens is 2. The summed E-state index contributed by atoms with van der Waals surface area (Å²) in [5, 5.41) is 3.35. The van der Waals surface area contributed by atoms with Crippen LogP contribution in [0.15, 0.2) is 42.7 Å². The minimum atomic E-state index is -0.219. The normalized spacial score (nSPS) is 16.2. The SMILES string of the molecule is Cc1ccc(F)c(-c2[nH]ccc2-c2cnc3c(c2)C[C@@H](C)N3)c1. The van der Waals surface area contributed by atoms with E-state index in [-0.39, 0.29) is 5.82 Å². The zero-order chi connectivity index (χ0) is 16.0. The van der Waals surface area contributed by atoms with Gasteiger partial charge in [0, 0.05) is 35.1 Å². The molecule has 4 heteroatoms. The van der Waals surface area contributed by atoms with Crippen LogP contribution in [0.1, 0.15) is 18.1 Å². The zero-order valence-corrected chi connectivity index (χ0v) is 13.2. The maximum absolute atomic E-state index is 14.3. The van der Waals surface area contributed by atoms with Crippen LogP contribution < -0.4 is 5.32 Å². The first-order chi connectivity index (χ1) is 11.1. The van der Waals surface area contributed by atoms with Crippen LogP contribution in [0.2, 0.25) is 0 Å². The van der Waals surface area contributed by atoms with Gasteiger partial charge in [0.05, 0.1) is 5.69 Å². The van der Waals surface area contributed by atoms with Gasteiger partial charge < -0.3 is 10.3 Å². The number of hydrogen-bond acceptors (Lipinski definition) is 2. The van der Waals surface area contributed by atoms with Gasteiger partial charge in [-0.3, -0.25) is 0 Å². The van der Waals surface area contributed by atoms with Gasteiger partial charge in [-0.2, -0.15) is 0 Å². The summed E-state index contributed by atoms with van der Waals surface area (Å²) < 4.78 is 14.3. The average molecular weight is 307 g/mol. The molecule has 3 nitrogen and oxygen atoms in total. The Morgan fingerprint density at radius 2 is 2.04 bits per heavy atom. The van der Waals surface area contributed by atoms with Crippen molar-refractivity contribution in [1.82, 2.24) is 9.97 Å². The van der Waals surface area contributed by atoms with E-state index in [2.05, 4.69) is 28.3 Å². The number of anilines is 1. The molecule has 0 fully saturated rings. The molecule has 4 rings (SSSR count). The van der Waals surface area contributed by atoms with E-state index < -0.39 is 0 Å². The molecule has 23 heavy (non-hydrogen) atoms. The molecule has 0 bridgehead atoms. The van der Waals surface area contributed by atoms with Crippen molar-refractivity contribution < 1.29 is 4.39 Å². The third-order valence-electron chi connectivity index (χ3n) is 4.33. The summed E-state index contributed by atoms with van der Waals surface area (Å²) in [6, 6.07) is 9.71. The topological polar surface area (TPSA) is 40.7 Å². The Labute approximate surface area is 134 Å². The molecule has 0 spiro atoms. The van der Waals surface area contributed by atoms with E-state index in [9.17, 15) is 4.39 Å². The van der Waals surface area contributed by atoms with E-state index in [0.29, 0.717) is 11.6 Å². The van der Waals surface area contributed by atoms with Gasteiger partial charge in [0.1, 0.15) is 11.6 Å². The first kappa shape index (κ1) is 14.0. The van der Waals surface area contributed by atoms with Crippen LogP contribution in [0, 0.1) is 12.7 Å². The van der Waals surface area contributed by atoms with Gasteiger partial charge in [-0.05, 0) is 50.1 Å². The van der Waals surface area contributed by atoms with Crippen LogP contribution in [-0.2, 0) is 6.42 Å². The molecule has 0 radical (unpaired) electrons. The summed E-state index contributed by atoms with van der Waals surface area (Å²) in [7, 11) is 0. The number of halogens is 1. The highest BCUT2D eigenvalue weighted by Gasteiger charge is 2.20. The third kappa shape index (κ3) is 2.40. The Morgan fingerprint density at radius 3 is 2.91 bits per heavy atom. The molecule has 1 aliphatic rings. The minimum absolute atomic E-state index is 0.219. The quantitative estimate of drug-likeness (QED) is 0.729.